The Morgan fingerprint density at radius 2 is 1.91 bits per heavy atom. The van der Waals surface area contributed by atoms with Gasteiger partial charge < -0.3 is 10.2 Å². The van der Waals surface area contributed by atoms with E-state index < -0.39 is 0 Å². The van der Waals surface area contributed by atoms with Gasteiger partial charge in [-0.25, -0.2) is 0 Å². The number of hydrogen-bond acceptors (Lipinski definition) is 2. The van der Waals surface area contributed by atoms with Gasteiger partial charge in [0.05, 0.1) is 0 Å². The van der Waals surface area contributed by atoms with Crippen LogP contribution in [0.3, 0.4) is 0 Å². The van der Waals surface area contributed by atoms with Crippen molar-refractivity contribution in [3.63, 3.8) is 0 Å². The number of aliphatic hydroxyl groups excluding tert-OH is 2. The molecule has 0 heterocycles. The molecule has 0 aromatic rings. The highest BCUT2D eigenvalue weighted by Crippen LogP contribution is 2.21. The zero-order valence-corrected chi connectivity index (χ0v) is 6.76. The summed E-state index contributed by atoms with van der Waals surface area (Å²) in [5.41, 5.74) is 2.24. The molecule has 2 N–H and O–H groups in total. The number of hydrogen-bond donors (Lipinski definition) is 2. The second-order valence-electron chi connectivity index (χ2n) is 2.87. The smallest absolute Gasteiger partial charge is 0.153 e. The van der Waals surface area contributed by atoms with Crippen molar-refractivity contribution in [2.75, 3.05) is 0 Å². The number of allylic oxidation sites excluding steroid dienone is 4. The lowest BCUT2D eigenvalue weighted by Gasteiger charge is -2.10. The third kappa shape index (κ3) is 1.64. The summed E-state index contributed by atoms with van der Waals surface area (Å²) in [5, 5.41) is 18.1. The Morgan fingerprint density at radius 1 is 1.27 bits per heavy atom. The van der Waals surface area contributed by atoms with Gasteiger partial charge in [0.1, 0.15) is 5.76 Å². The fourth-order valence-electron chi connectivity index (χ4n) is 0.949. The molecular weight excluding hydrogens is 140 g/mol. The quantitative estimate of drug-likeness (QED) is 0.560. The molecule has 0 spiro atoms. The Labute approximate surface area is 66.2 Å². The summed E-state index contributed by atoms with van der Waals surface area (Å²) in [7, 11) is 0. The first kappa shape index (κ1) is 7.92. The standard InChI is InChI=1S/C9H12O2/c1-6(2)7-3-4-8(10)9(11)5-7/h3-4,10-11H,5H2,1-2H3. The third-order valence-corrected chi connectivity index (χ3v) is 1.74. The summed E-state index contributed by atoms with van der Waals surface area (Å²) in [5.74, 6) is 0.0405. The Bertz CT molecular complexity index is 253. The molecule has 1 aliphatic rings. The van der Waals surface area contributed by atoms with Crippen molar-refractivity contribution in [3.8, 4) is 0 Å². The average molecular weight is 152 g/mol. The van der Waals surface area contributed by atoms with Crippen molar-refractivity contribution in [2.45, 2.75) is 20.3 Å². The SMILES string of the molecule is CC(C)=C1C=CC(O)=C(O)C1. The van der Waals surface area contributed by atoms with Crippen LogP contribution < -0.4 is 0 Å². The van der Waals surface area contributed by atoms with Crippen LogP contribution in [-0.2, 0) is 0 Å². The summed E-state index contributed by atoms with van der Waals surface area (Å²) in [4.78, 5) is 0. The minimum atomic E-state index is -0.0185. The summed E-state index contributed by atoms with van der Waals surface area (Å²) in [6, 6.07) is 0. The first-order valence-corrected chi connectivity index (χ1v) is 3.57. The van der Waals surface area contributed by atoms with Crippen LogP contribution in [0.4, 0.5) is 0 Å². The fourth-order valence-corrected chi connectivity index (χ4v) is 0.949. The van der Waals surface area contributed by atoms with Crippen LogP contribution in [0.2, 0.25) is 0 Å². The lowest BCUT2D eigenvalue weighted by Crippen LogP contribution is -1.96. The highest BCUT2D eigenvalue weighted by molar-refractivity contribution is 5.36. The minimum absolute atomic E-state index is 0.0185. The van der Waals surface area contributed by atoms with Gasteiger partial charge in [-0.05, 0) is 25.5 Å². The van der Waals surface area contributed by atoms with Gasteiger partial charge in [-0.1, -0.05) is 11.6 Å². The molecule has 0 atom stereocenters. The molecule has 0 radical (unpaired) electrons. The highest BCUT2D eigenvalue weighted by Gasteiger charge is 2.09. The minimum Gasteiger partial charge on any atom is -0.508 e. The van der Waals surface area contributed by atoms with Gasteiger partial charge >= 0.3 is 0 Å². The molecule has 2 heteroatoms. The monoisotopic (exact) mass is 152 g/mol. The average Bonchev–Trinajstić information content (AvgIpc) is 1.94. The molecule has 0 aromatic heterocycles. The van der Waals surface area contributed by atoms with Crippen LogP contribution in [0.5, 0.6) is 0 Å². The maximum atomic E-state index is 9.14. The van der Waals surface area contributed by atoms with Crippen molar-refractivity contribution < 1.29 is 10.2 Å². The molecule has 0 bridgehead atoms. The zero-order valence-electron chi connectivity index (χ0n) is 6.76. The molecule has 0 fully saturated rings. The summed E-state index contributed by atoms with van der Waals surface area (Å²) in [6.07, 6.45) is 3.79. The summed E-state index contributed by atoms with van der Waals surface area (Å²) >= 11 is 0. The van der Waals surface area contributed by atoms with E-state index in [0.29, 0.717) is 6.42 Å². The fraction of sp³-hybridized carbons (Fsp3) is 0.333. The van der Waals surface area contributed by atoms with Crippen molar-refractivity contribution in [1.29, 1.82) is 0 Å². The molecule has 0 aliphatic heterocycles. The number of rotatable bonds is 0. The topological polar surface area (TPSA) is 40.5 Å². The first-order valence-electron chi connectivity index (χ1n) is 3.57. The van der Waals surface area contributed by atoms with Gasteiger partial charge in [0.25, 0.3) is 0 Å². The lowest BCUT2D eigenvalue weighted by molar-refractivity contribution is 0.327. The van der Waals surface area contributed by atoms with Gasteiger partial charge in [-0.2, -0.15) is 0 Å². The van der Waals surface area contributed by atoms with E-state index in [-0.39, 0.29) is 11.5 Å². The molecule has 0 aromatic carbocycles. The highest BCUT2D eigenvalue weighted by atomic mass is 16.3. The Hall–Kier alpha value is -1.18. The van der Waals surface area contributed by atoms with Crippen LogP contribution in [0.15, 0.2) is 34.8 Å². The van der Waals surface area contributed by atoms with Gasteiger partial charge in [-0.3, -0.25) is 0 Å². The molecule has 60 valence electrons. The summed E-state index contributed by atoms with van der Waals surface area (Å²) < 4.78 is 0. The molecule has 11 heavy (non-hydrogen) atoms. The molecule has 1 rings (SSSR count). The van der Waals surface area contributed by atoms with E-state index in [0.717, 1.165) is 5.57 Å². The van der Waals surface area contributed by atoms with E-state index in [1.165, 1.54) is 11.6 Å². The van der Waals surface area contributed by atoms with Gasteiger partial charge in [0.2, 0.25) is 0 Å². The van der Waals surface area contributed by atoms with Crippen LogP contribution in [0.1, 0.15) is 20.3 Å². The van der Waals surface area contributed by atoms with Gasteiger partial charge in [0.15, 0.2) is 5.76 Å². The van der Waals surface area contributed by atoms with Crippen LogP contribution in [-0.4, -0.2) is 10.2 Å². The molecule has 2 nitrogen and oxygen atoms in total. The van der Waals surface area contributed by atoms with E-state index in [1.807, 2.05) is 19.9 Å². The lowest BCUT2D eigenvalue weighted by atomic mass is 10.0. The maximum Gasteiger partial charge on any atom is 0.153 e. The van der Waals surface area contributed by atoms with E-state index in [2.05, 4.69) is 0 Å². The Balaban J connectivity index is 2.92. The van der Waals surface area contributed by atoms with Crippen LogP contribution >= 0.6 is 0 Å². The van der Waals surface area contributed by atoms with E-state index >= 15 is 0 Å². The third-order valence-electron chi connectivity index (χ3n) is 1.74. The Kier molecular flexibility index (Phi) is 2.03. The molecule has 0 saturated carbocycles. The van der Waals surface area contributed by atoms with Crippen molar-refractivity contribution in [1.82, 2.24) is 0 Å². The predicted octanol–water partition coefficient (Wildman–Crippen LogP) is 2.61. The maximum absolute atomic E-state index is 9.14. The van der Waals surface area contributed by atoms with E-state index in [4.69, 9.17) is 10.2 Å². The van der Waals surface area contributed by atoms with Crippen LogP contribution in [0.25, 0.3) is 0 Å². The van der Waals surface area contributed by atoms with Gasteiger partial charge in [-0.15, -0.1) is 0 Å². The van der Waals surface area contributed by atoms with Gasteiger partial charge in [0, 0.05) is 6.42 Å². The van der Waals surface area contributed by atoms with Crippen molar-refractivity contribution in [2.24, 2.45) is 0 Å². The molecule has 0 saturated heterocycles. The van der Waals surface area contributed by atoms with Crippen molar-refractivity contribution >= 4 is 0 Å². The van der Waals surface area contributed by atoms with Crippen LogP contribution in [0, 0.1) is 0 Å². The number of aliphatic hydroxyl groups is 2. The molecule has 0 unspecified atom stereocenters. The Morgan fingerprint density at radius 3 is 2.36 bits per heavy atom. The van der Waals surface area contributed by atoms with E-state index in [9.17, 15) is 0 Å². The normalized spacial score (nSPS) is 17.5. The largest absolute Gasteiger partial charge is 0.508 e. The van der Waals surface area contributed by atoms with Crippen molar-refractivity contribution in [3.05, 3.63) is 34.8 Å². The predicted molar refractivity (Wildman–Crippen MR) is 44.4 cm³/mol. The second kappa shape index (κ2) is 2.82. The van der Waals surface area contributed by atoms with E-state index in [1.54, 1.807) is 0 Å². The molecule has 0 amide bonds. The second-order valence-corrected chi connectivity index (χ2v) is 2.87. The summed E-state index contributed by atoms with van der Waals surface area (Å²) in [6.45, 7) is 3.96. The zero-order chi connectivity index (χ0) is 8.43. The molecular formula is C9H12O2. The first-order chi connectivity index (χ1) is 5.11. The molecule has 1 aliphatic carbocycles.